The van der Waals surface area contributed by atoms with E-state index in [1.807, 2.05) is 10.2 Å². The SMILES string of the molecule is Cc1ccc(N2NC(=S)NN2c2ccc(C)cc2)cc1. The van der Waals surface area contributed by atoms with E-state index in [1.165, 1.54) is 11.1 Å². The normalized spacial score (nSPS) is 14.2. The molecule has 3 rings (SSSR count). The van der Waals surface area contributed by atoms with E-state index in [2.05, 4.69) is 73.2 Å². The Balaban J connectivity index is 1.94. The Morgan fingerprint density at radius 1 is 0.700 bits per heavy atom. The first-order valence-electron chi connectivity index (χ1n) is 6.44. The lowest BCUT2D eigenvalue weighted by molar-refractivity contribution is 0.751. The van der Waals surface area contributed by atoms with Crippen molar-refractivity contribution in [1.29, 1.82) is 0 Å². The highest BCUT2D eigenvalue weighted by molar-refractivity contribution is 7.80. The van der Waals surface area contributed by atoms with Gasteiger partial charge in [-0.1, -0.05) is 35.4 Å². The summed E-state index contributed by atoms with van der Waals surface area (Å²) in [6.07, 6.45) is 0. The van der Waals surface area contributed by atoms with Crippen LogP contribution in [0.4, 0.5) is 11.4 Å². The maximum Gasteiger partial charge on any atom is 0.207 e. The van der Waals surface area contributed by atoms with Crippen LogP contribution in [0.1, 0.15) is 11.1 Å². The monoisotopic (exact) mass is 284 g/mol. The number of hydrazine groups is 3. The van der Waals surface area contributed by atoms with Gasteiger partial charge in [-0.15, -0.1) is 0 Å². The van der Waals surface area contributed by atoms with Crippen LogP contribution < -0.4 is 21.1 Å². The molecule has 0 spiro atoms. The zero-order valence-electron chi connectivity index (χ0n) is 11.4. The van der Waals surface area contributed by atoms with E-state index in [9.17, 15) is 0 Å². The lowest BCUT2D eigenvalue weighted by Crippen LogP contribution is -2.45. The first-order chi connectivity index (χ1) is 9.63. The topological polar surface area (TPSA) is 30.5 Å². The summed E-state index contributed by atoms with van der Waals surface area (Å²) in [6, 6.07) is 16.5. The molecule has 5 heteroatoms. The maximum absolute atomic E-state index is 5.22. The molecule has 1 aliphatic heterocycles. The Bertz CT molecular complexity index is 566. The van der Waals surface area contributed by atoms with Gasteiger partial charge in [-0.2, -0.15) is 10.2 Å². The minimum Gasteiger partial charge on any atom is -0.252 e. The molecule has 0 radical (unpaired) electrons. The van der Waals surface area contributed by atoms with Crippen molar-refractivity contribution < 1.29 is 0 Å². The summed E-state index contributed by atoms with van der Waals surface area (Å²) in [5.41, 5.74) is 10.8. The molecule has 2 N–H and O–H groups in total. The van der Waals surface area contributed by atoms with Gasteiger partial charge in [-0.3, -0.25) is 10.9 Å². The predicted octanol–water partition coefficient (Wildman–Crippen LogP) is 2.84. The number of benzene rings is 2. The van der Waals surface area contributed by atoms with Crippen molar-refractivity contribution in [3.63, 3.8) is 0 Å². The van der Waals surface area contributed by atoms with Crippen LogP contribution in [0, 0.1) is 13.8 Å². The molecule has 0 unspecified atom stereocenters. The van der Waals surface area contributed by atoms with Crippen molar-refractivity contribution >= 4 is 28.7 Å². The summed E-state index contributed by atoms with van der Waals surface area (Å²) >= 11 is 5.22. The average Bonchev–Trinajstić information content (AvgIpc) is 2.82. The molecule has 1 saturated heterocycles. The predicted molar refractivity (Wildman–Crippen MR) is 86.2 cm³/mol. The van der Waals surface area contributed by atoms with Gasteiger partial charge in [0.2, 0.25) is 5.11 Å². The van der Waals surface area contributed by atoms with Crippen molar-refractivity contribution in [2.75, 3.05) is 10.2 Å². The summed E-state index contributed by atoms with van der Waals surface area (Å²) in [6.45, 7) is 4.14. The summed E-state index contributed by atoms with van der Waals surface area (Å²) in [7, 11) is 0. The van der Waals surface area contributed by atoms with Crippen molar-refractivity contribution in [3.8, 4) is 0 Å². The molecule has 0 bridgehead atoms. The maximum atomic E-state index is 5.22. The summed E-state index contributed by atoms with van der Waals surface area (Å²) in [5.74, 6) is 0. The fraction of sp³-hybridized carbons (Fsp3) is 0.133. The van der Waals surface area contributed by atoms with Crippen molar-refractivity contribution in [2.24, 2.45) is 0 Å². The highest BCUT2D eigenvalue weighted by Gasteiger charge is 2.25. The number of aryl methyl sites for hydroxylation is 2. The minimum atomic E-state index is 0.575. The highest BCUT2D eigenvalue weighted by atomic mass is 32.1. The second-order valence-corrected chi connectivity index (χ2v) is 5.26. The molecule has 4 nitrogen and oxygen atoms in total. The molecule has 0 aromatic heterocycles. The van der Waals surface area contributed by atoms with Gasteiger partial charge in [0.05, 0.1) is 11.4 Å². The van der Waals surface area contributed by atoms with Crippen LogP contribution in [0.5, 0.6) is 0 Å². The molecule has 0 amide bonds. The molecule has 20 heavy (non-hydrogen) atoms. The molecule has 0 aliphatic carbocycles. The van der Waals surface area contributed by atoms with E-state index < -0.39 is 0 Å². The highest BCUT2D eigenvalue weighted by Crippen LogP contribution is 2.22. The number of nitrogens with zero attached hydrogens (tertiary/aromatic N) is 2. The number of thiocarbonyl (C=S) groups is 1. The zero-order valence-corrected chi connectivity index (χ0v) is 12.2. The third-order valence-corrected chi connectivity index (χ3v) is 3.35. The van der Waals surface area contributed by atoms with E-state index in [-0.39, 0.29) is 0 Å². The molecule has 0 saturated carbocycles. The van der Waals surface area contributed by atoms with Gasteiger partial charge in [0.15, 0.2) is 0 Å². The van der Waals surface area contributed by atoms with Gasteiger partial charge in [0.1, 0.15) is 0 Å². The first kappa shape index (κ1) is 12.7. The quantitative estimate of drug-likeness (QED) is 0.828. The summed E-state index contributed by atoms with van der Waals surface area (Å²) in [4.78, 5) is 0. The van der Waals surface area contributed by atoms with Crippen LogP contribution in [-0.4, -0.2) is 5.11 Å². The third-order valence-electron chi connectivity index (χ3n) is 3.17. The molecule has 1 heterocycles. The van der Waals surface area contributed by atoms with Gasteiger partial charge in [-0.05, 0) is 50.3 Å². The lowest BCUT2D eigenvalue weighted by Gasteiger charge is -2.28. The van der Waals surface area contributed by atoms with Crippen LogP contribution in [0.25, 0.3) is 0 Å². The second-order valence-electron chi connectivity index (χ2n) is 4.85. The smallest absolute Gasteiger partial charge is 0.207 e. The van der Waals surface area contributed by atoms with Gasteiger partial charge >= 0.3 is 0 Å². The first-order valence-corrected chi connectivity index (χ1v) is 6.85. The zero-order chi connectivity index (χ0) is 14.1. The number of hydrogen-bond donors (Lipinski definition) is 2. The Morgan fingerprint density at radius 3 is 1.40 bits per heavy atom. The Hall–Kier alpha value is -2.27. The van der Waals surface area contributed by atoms with Crippen molar-refractivity contribution in [1.82, 2.24) is 10.9 Å². The van der Waals surface area contributed by atoms with E-state index in [1.54, 1.807) is 0 Å². The molecule has 0 atom stereocenters. The van der Waals surface area contributed by atoms with Crippen LogP contribution in [0.2, 0.25) is 0 Å². The van der Waals surface area contributed by atoms with Crippen LogP contribution >= 0.6 is 12.2 Å². The third kappa shape index (κ3) is 2.40. The van der Waals surface area contributed by atoms with Crippen molar-refractivity contribution in [3.05, 3.63) is 59.7 Å². The van der Waals surface area contributed by atoms with E-state index in [0.29, 0.717) is 5.11 Å². The number of nitrogens with one attached hydrogen (secondary N) is 2. The standard InChI is InChI=1S/C15H16N4S/c1-11-3-7-13(8-4-11)18-16-15(20)17-19(18)14-9-5-12(2)6-10-14/h3-10H,1-2H3,(H2,16,17,20). The lowest BCUT2D eigenvalue weighted by atomic mass is 10.2. The second kappa shape index (κ2) is 5.02. The molecule has 1 fully saturated rings. The largest absolute Gasteiger partial charge is 0.252 e. The average molecular weight is 284 g/mol. The van der Waals surface area contributed by atoms with Crippen LogP contribution in [-0.2, 0) is 0 Å². The van der Waals surface area contributed by atoms with Gasteiger partial charge in [-0.25, -0.2) is 0 Å². The number of hydrogen-bond acceptors (Lipinski definition) is 3. The number of anilines is 2. The molecule has 102 valence electrons. The fourth-order valence-corrected chi connectivity index (χ4v) is 2.22. The Labute approximate surface area is 123 Å². The molecule has 1 aliphatic rings. The minimum absolute atomic E-state index is 0.575. The molecule has 2 aromatic rings. The molecular weight excluding hydrogens is 268 g/mol. The number of rotatable bonds is 2. The fourth-order valence-electron chi connectivity index (χ4n) is 2.05. The van der Waals surface area contributed by atoms with Gasteiger partial charge < -0.3 is 0 Å². The van der Waals surface area contributed by atoms with Crippen molar-refractivity contribution in [2.45, 2.75) is 13.8 Å². The Kier molecular flexibility index (Phi) is 3.20. The van der Waals surface area contributed by atoms with Gasteiger partial charge in [0, 0.05) is 0 Å². The summed E-state index contributed by atoms with van der Waals surface area (Å²) < 4.78 is 0. The van der Waals surface area contributed by atoms with E-state index >= 15 is 0 Å². The van der Waals surface area contributed by atoms with Gasteiger partial charge in [0.25, 0.3) is 0 Å². The molecular formula is C15H16N4S. The summed E-state index contributed by atoms with van der Waals surface area (Å²) in [5, 5.41) is 4.37. The molecule has 2 aromatic carbocycles. The Morgan fingerprint density at radius 2 is 1.05 bits per heavy atom. The van der Waals surface area contributed by atoms with Crippen LogP contribution in [0.15, 0.2) is 48.5 Å². The van der Waals surface area contributed by atoms with E-state index in [0.717, 1.165) is 11.4 Å². The van der Waals surface area contributed by atoms with E-state index in [4.69, 9.17) is 12.2 Å². The van der Waals surface area contributed by atoms with Crippen LogP contribution in [0.3, 0.4) is 0 Å².